The summed E-state index contributed by atoms with van der Waals surface area (Å²) in [6.45, 7) is 4.75. The van der Waals surface area contributed by atoms with Gasteiger partial charge in [-0.15, -0.1) is 0 Å². The Balaban J connectivity index is 1.66. The monoisotopic (exact) mass is 320 g/mol. The van der Waals surface area contributed by atoms with Crippen LogP contribution < -0.4 is 0 Å². The summed E-state index contributed by atoms with van der Waals surface area (Å²) in [6, 6.07) is 0. The molecule has 0 amide bonds. The third-order valence-corrected chi connectivity index (χ3v) is 8.21. The summed E-state index contributed by atoms with van der Waals surface area (Å²) in [5.41, 5.74) is 1.96. The summed E-state index contributed by atoms with van der Waals surface area (Å²) in [5, 5.41) is 0. The second-order valence-electron chi connectivity index (χ2n) is 8.65. The quantitative estimate of drug-likeness (QED) is 0.429. The van der Waals surface area contributed by atoms with E-state index in [1.165, 1.54) is 19.3 Å². The van der Waals surface area contributed by atoms with Crippen molar-refractivity contribution in [1.82, 2.24) is 0 Å². The Kier molecular flexibility index (Phi) is 3.54. The highest BCUT2D eigenvalue weighted by atomic mass is 32.1. The summed E-state index contributed by atoms with van der Waals surface area (Å²) in [7, 11) is 0. The van der Waals surface area contributed by atoms with E-state index in [1.54, 1.807) is 5.57 Å². The predicted octanol–water partition coefficient (Wildman–Crippen LogP) is 4.75. The smallest absolute Gasteiger partial charge is 0.139 e. The van der Waals surface area contributed by atoms with Gasteiger partial charge in [0.1, 0.15) is 5.78 Å². The van der Waals surface area contributed by atoms with Crippen molar-refractivity contribution in [2.75, 3.05) is 0 Å². The molecule has 0 radical (unpaired) electrons. The highest BCUT2D eigenvalue weighted by Gasteiger charge is 2.58. The van der Waals surface area contributed by atoms with Crippen LogP contribution in [0.15, 0.2) is 11.6 Å². The lowest BCUT2D eigenvalue weighted by molar-refractivity contribution is -0.131. The van der Waals surface area contributed by atoms with Crippen molar-refractivity contribution in [2.24, 2.45) is 28.6 Å². The first-order valence-electron chi connectivity index (χ1n) is 9.02. The number of rotatable bonds is 1. The number of carbonyl (C=O) groups is 1. The minimum absolute atomic E-state index is 0.00567. The largest absolute Gasteiger partial charge is 0.315 e. The van der Waals surface area contributed by atoms with Gasteiger partial charge < -0.3 is 4.18 Å². The lowest BCUT2D eigenvalue weighted by Gasteiger charge is -2.56. The van der Waals surface area contributed by atoms with Crippen LogP contribution in [0.25, 0.3) is 0 Å². The van der Waals surface area contributed by atoms with Crippen LogP contribution in [0.3, 0.4) is 0 Å². The first-order chi connectivity index (χ1) is 10.5. The second kappa shape index (κ2) is 5.11. The van der Waals surface area contributed by atoms with Gasteiger partial charge in [-0.1, -0.05) is 25.5 Å². The lowest BCUT2D eigenvalue weighted by atomic mass is 9.48. The zero-order valence-electron chi connectivity index (χ0n) is 13.8. The maximum absolute atomic E-state index is 12.4. The lowest BCUT2D eigenvalue weighted by Crippen LogP contribution is -2.50. The van der Waals surface area contributed by atoms with E-state index in [2.05, 4.69) is 32.8 Å². The van der Waals surface area contributed by atoms with Gasteiger partial charge in [-0.25, -0.2) is 0 Å². The summed E-state index contributed by atoms with van der Waals surface area (Å²) in [5.74, 6) is 2.68. The fourth-order valence-corrected chi connectivity index (χ4v) is 6.67. The molecule has 3 saturated carbocycles. The van der Waals surface area contributed by atoms with Crippen molar-refractivity contribution < 1.29 is 8.98 Å². The molecule has 0 N–H and O–H groups in total. The SMILES string of the molecule is CC12CCC3C(CC=C4CC(OS)CCC43C)C1CCC2=O. The van der Waals surface area contributed by atoms with Crippen molar-refractivity contribution in [2.45, 2.75) is 71.3 Å². The van der Waals surface area contributed by atoms with E-state index in [1.807, 2.05) is 0 Å². The van der Waals surface area contributed by atoms with E-state index in [-0.39, 0.29) is 5.41 Å². The highest BCUT2D eigenvalue weighted by Crippen LogP contribution is 2.64. The topological polar surface area (TPSA) is 26.3 Å². The third kappa shape index (κ3) is 1.94. The van der Waals surface area contributed by atoms with Gasteiger partial charge in [-0.05, 0) is 81.0 Å². The maximum atomic E-state index is 12.4. The Morgan fingerprint density at radius 2 is 1.86 bits per heavy atom. The van der Waals surface area contributed by atoms with E-state index < -0.39 is 0 Å². The molecule has 4 aliphatic carbocycles. The number of hydrogen-bond donors (Lipinski definition) is 1. The predicted molar refractivity (Wildman–Crippen MR) is 90.6 cm³/mol. The molecular formula is C19H28O2S. The molecule has 0 aliphatic heterocycles. The maximum Gasteiger partial charge on any atom is 0.139 e. The van der Waals surface area contributed by atoms with Crippen LogP contribution >= 0.6 is 12.9 Å². The first kappa shape index (κ1) is 15.3. The fraction of sp³-hybridized carbons (Fsp3) is 0.842. The van der Waals surface area contributed by atoms with E-state index >= 15 is 0 Å². The van der Waals surface area contributed by atoms with Crippen LogP contribution in [0.1, 0.15) is 65.2 Å². The minimum Gasteiger partial charge on any atom is -0.315 e. The van der Waals surface area contributed by atoms with Crippen LogP contribution in [0.5, 0.6) is 0 Å². The van der Waals surface area contributed by atoms with Gasteiger partial charge >= 0.3 is 0 Å². The van der Waals surface area contributed by atoms with E-state index in [4.69, 9.17) is 4.18 Å². The minimum atomic E-state index is -0.00567. The molecule has 0 aromatic carbocycles. The molecule has 3 heteroatoms. The second-order valence-corrected chi connectivity index (χ2v) is 8.86. The molecule has 0 aromatic heterocycles. The number of allylic oxidation sites excluding steroid dienone is 1. The Morgan fingerprint density at radius 3 is 2.64 bits per heavy atom. The van der Waals surface area contributed by atoms with E-state index in [0.29, 0.717) is 23.2 Å². The third-order valence-electron chi connectivity index (χ3n) is 7.92. The number of thiol groups is 1. The molecule has 0 spiro atoms. The van der Waals surface area contributed by atoms with Gasteiger partial charge in [0.25, 0.3) is 0 Å². The fourth-order valence-electron chi connectivity index (χ4n) is 6.49. The number of Topliss-reactive ketones (excluding diaryl/α,β-unsaturated/α-hetero) is 1. The van der Waals surface area contributed by atoms with Crippen LogP contribution in [0.2, 0.25) is 0 Å². The summed E-state index contributed by atoms with van der Waals surface area (Å²) < 4.78 is 5.33. The molecule has 0 saturated heterocycles. The van der Waals surface area contributed by atoms with Crippen LogP contribution in [0.4, 0.5) is 0 Å². The van der Waals surface area contributed by atoms with E-state index in [0.717, 1.165) is 43.9 Å². The van der Waals surface area contributed by atoms with Crippen molar-refractivity contribution in [1.29, 1.82) is 0 Å². The first-order valence-corrected chi connectivity index (χ1v) is 9.38. The molecule has 6 unspecified atom stereocenters. The molecule has 4 rings (SSSR count). The normalized spacial score (nSPS) is 50.9. The van der Waals surface area contributed by atoms with Gasteiger partial charge in [0.15, 0.2) is 0 Å². The summed E-state index contributed by atoms with van der Waals surface area (Å²) >= 11 is 4.05. The molecule has 122 valence electrons. The molecule has 4 aliphatic rings. The molecule has 0 aromatic rings. The van der Waals surface area contributed by atoms with Gasteiger partial charge in [0.2, 0.25) is 0 Å². The van der Waals surface area contributed by atoms with Gasteiger partial charge in [-0.2, -0.15) is 0 Å². The highest BCUT2D eigenvalue weighted by molar-refractivity contribution is 7.75. The van der Waals surface area contributed by atoms with Crippen LogP contribution in [-0.4, -0.2) is 11.9 Å². The Hall–Kier alpha value is -0.280. The number of carbonyl (C=O) groups excluding carboxylic acids is 1. The van der Waals surface area contributed by atoms with Crippen molar-refractivity contribution in [3.05, 3.63) is 11.6 Å². The van der Waals surface area contributed by atoms with E-state index in [9.17, 15) is 4.79 Å². The molecule has 3 fully saturated rings. The Morgan fingerprint density at radius 1 is 1.14 bits per heavy atom. The Labute approximate surface area is 139 Å². The summed E-state index contributed by atoms with van der Waals surface area (Å²) in [6.07, 6.45) is 11.7. The molecule has 0 bridgehead atoms. The van der Waals surface area contributed by atoms with Gasteiger partial charge in [-0.3, -0.25) is 4.79 Å². The number of hydrogen-bond acceptors (Lipinski definition) is 3. The number of ketones is 1. The average Bonchev–Trinajstić information content (AvgIpc) is 2.82. The summed E-state index contributed by atoms with van der Waals surface area (Å²) in [4.78, 5) is 12.4. The van der Waals surface area contributed by atoms with Crippen LogP contribution in [0, 0.1) is 28.6 Å². The van der Waals surface area contributed by atoms with Gasteiger partial charge in [0.05, 0.1) is 6.10 Å². The van der Waals surface area contributed by atoms with Crippen LogP contribution in [-0.2, 0) is 8.98 Å². The van der Waals surface area contributed by atoms with Crippen molar-refractivity contribution in [3.63, 3.8) is 0 Å². The number of fused-ring (bicyclic) bond motifs is 5. The molecule has 2 nitrogen and oxygen atoms in total. The molecule has 6 atom stereocenters. The Bertz CT molecular complexity index is 528. The molecule has 22 heavy (non-hydrogen) atoms. The standard InChI is InChI=1S/C19H28O2S/c1-18-9-7-13(21-22)11-12(18)3-4-14-15-5-6-17(20)19(15,2)10-8-16(14)18/h3,13-16,22H,4-11H2,1-2H3. The zero-order valence-corrected chi connectivity index (χ0v) is 14.7. The average molecular weight is 320 g/mol. The molecular weight excluding hydrogens is 292 g/mol. The van der Waals surface area contributed by atoms with Gasteiger partial charge in [0, 0.05) is 11.8 Å². The zero-order chi connectivity index (χ0) is 15.5. The van der Waals surface area contributed by atoms with Crippen molar-refractivity contribution in [3.8, 4) is 0 Å². The van der Waals surface area contributed by atoms with Crippen molar-refractivity contribution >= 4 is 18.7 Å². The molecule has 0 heterocycles.